The van der Waals surface area contributed by atoms with Gasteiger partial charge >= 0.3 is 5.97 Å². The lowest BCUT2D eigenvalue weighted by Gasteiger charge is -2.44. The first kappa shape index (κ1) is 52.0. The molecule has 2 N–H and O–H groups in total. The van der Waals surface area contributed by atoms with Crippen LogP contribution in [-0.4, -0.2) is 95.4 Å². The summed E-state index contributed by atoms with van der Waals surface area (Å²) < 4.78 is 23.9. The lowest BCUT2D eigenvalue weighted by Crippen LogP contribution is -3.11. The highest BCUT2D eigenvalue weighted by Gasteiger charge is 2.44. The molecule has 12 nitrogen and oxygen atoms in total. The minimum atomic E-state index is -1.32. The highest BCUT2D eigenvalue weighted by atomic mass is 16.5. The summed E-state index contributed by atoms with van der Waals surface area (Å²) in [5, 5.41) is 14.0. The Bertz CT molecular complexity index is 1780. The molecule has 0 saturated carbocycles. The molecule has 0 radical (unpaired) electrons. The molecule has 3 aromatic carbocycles. The molecule has 0 spiro atoms. The predicted octanol–water partition coefficient (Wildman–Crippen LogP) is 5.50. The zero-order valence-electron chi connectivity index (χ0n) is 38.3. The van der Waals surface area contributed by atoms with Gasteiger partial charge in [-0.25, -0.2) is 0 Å². The van der Waals surface area contributed by atoms with E-state index in [2.05, 4.69) is 32.0 Å². The number of hydrogen-bond donors (Lipinski definition) is 2. The molecule has 1 heterocycles. The maximum absolute atomic E-state index is 13.4. The van der Waals surface area contributed by atoms with E-state index in [4.69, 9.17) is 25.4 Å². The number of aliphatic carboxylic acids is 1. The van der Waals surface area contributed by atoms with Gasteiger partial charge in [-0.1, -0.05) is 61.0 Å². The van der Waals surface area contributed by atoms with Gasteiger partial charge in [0.05, 0.1) is 53.5 Å². The van der Waals surface area contributed by atoms with Crippen LogP contribution in [0.5, 0.6) is 11.5 Å². The van der Waals surface area contributed by atoms with E-state index >= 15 is 0 Å². The average molecular weight is 870 g/mol. The molecule has 0 aliphatic carbocycles. The Balaban J connectivity index is 0.00000139. The van der Waals surface area contributed by atoms with Gasteiger partial charge in [0, 0.05) is 50.3 Å². The van der Waals surface area contributed by atoms with E-state index in [1.807, 2.05) is 83.8 Å². The number of carbonyl (C=O) groups is 4. The van der Waals surface area contributed by atoms with Crippen LogP contribution in [0.4, 0.5) is 0 Å². The topological polar surface area (TPSA) is 148 Å². The number of nitrogens with one attached hydrogen (secondary N) is 2. The van der Waals surface area contributed by atoms with Gasteiger partial charge in [-0.2, -0.15) is 0 Å². The highest BCUT2D eigenvalue weighted by Crippen LogP contribution is 2.44. The van der Waals surface area contributed by atoms with Crippen LogP contribution in [0.3, 0.4) is 0 Å². The molecule has 4 rings (SSSR count). The summed E-state index contributed by atoms with van der Waals surface area (Å²) >= 11 is 0. The van der Waals surface area contributed by atoms with Gasteiger partial charge in [0.2, 0.25) is 11.8 Å². The van der Waals surface area contributed by atoms with Gasteiger partial charge < -0.3 is 44.0 Å². The Labute approximate surface area is 376 Å². The van der Waals surface area contributed by atoms with Crippen molar-refractivity contribution in [2.24, 2.45) is 5.41 Å². The van der Waals surface area contributed by atoms with E-state index < -0.39 is 29.4 Å². The Kier molecular flexibility index (Phi) is 23.4. The lowest BCUT2D eigenvalue weighted by atomic mass is 9.77. The summed E-state index contributed by atoms with van der Waals surface area (Å²) in [6.07, 6.45) is 11.0. The summed E-state index contributed by atoms with van der Waals surface area (Å²) in [6.45, 7) is 12.1. The van der Waals surface area contributed by atoms with Crippen molar-refractivity contribution in [3.05, 3.63) is 95.6 Å². The van der Waals surface area contributed by atoms with Crippen molar-refractivity contribution in [3.63, 3.8) is 0 Å². The molecule has 1 aliphatic rings. The second-order valence-corrected chi connectivity index (χ2v) is 16.1. The number of carboxylic acid groups (broad SMARTS) is 1. The first-order chi connectivity index (χ1) is 30.5. The number of esters is 1. The van der Waals surface area contributed by atoms with Crippen LogP contribution in [0.2, 0.25) is 0 Å². The zero-order valence-corrected chi connectivity index (χ0v) is 38.3. The van der Waals surface area contributed by atoms with Crippen molar-refractivity contribution in [1.82, 2.24) is 10.2 Å². The quantitative estimate of drug-likeness (QED) is 0.0463. The van der Waals surface area contributed by atoms with Gasteiger partial charge in [-0.05, 0) is 107 Å². The minimum absolute atomic E-state index is 0.00731. The normalized spacial score (nSPS) is 13.3. The standard InChI is InChI=1S/C45H56N2O9.C6H15N/c1-4-5-6-11-16-40(48)46-30-13-8-12-17-41(49)47-31-28-44(29-32-47,33-55-43(52)27-26-42(50)51)34-56-45(35-14-9-7-10-15-35,36-18-22-38(53-2)23-19-36)37-20-24-39(54-3)25-21-37;1-4-7(5-2)6-3/h1,7,9-10,14-15,18-25H,5-6,8,11-13,16-17,26-34H2,2-3H3,(H,46,48)(H,50,51);4-6H2,1-3H3. The summed E-state index contributed by atoms with van der Waals surface area (Å²) in [4.78, 5) is 52.7. The van der Waals surface area contributed by atoms with Gasteiger partial charge in [0.15, 0.2) is 0 Å². The number of hydrogen-bond acceptors (Lipinski definition) is 9. The van der Waals surface area contributed by atoms with Gasteiger partial charge in [-0.15, -0.1) is 12.3 Å². The molecule has 0 bridgehead atoms. The number of terminal acetylenes is 1. The van der Waals surface area contributed by atoms with Crippen molar-refractivity contribution in [2.75, 3.05) is 66.7 Å². The summed E-state index contributed by atoms with van der Waals surface area (Å²) in [6, 6.07) is 25.3. The maximum Gasteiger partial charge on any atom is 0.306 e. The Morgan fingerprint density at radius 1 is 0.730 bits per heavy atom. The number of carboxylic acids is 1. The molecule has 1 saturated heterocycles. The molecular formula is C51H71N3O9. The van der Waals surface area contributed by atoms with Crippen molar-refractivity contribution in [3.8, 4) is 23.8 Å². The first-order valence-electron chi connectivity index (χ1n) is 22.6. The number of ether oxygens (including phenoxy) is 4. The molecule has 63 heavy (non-hydrogen) atoms. The molecule has 1 fully saturated rings. The number of likely N-dealkylation sites (tertiary alicyclic amines) is 1. The molecule has 2 amide bonds. The van der Waals surface area contributed by atoms with E-state index in [9.17, 15) is 24.3 Å². The van der Waals surface area contributed by atoms with Crippen molar-refractivity contribution in [1.29, 1.82) is 0 Å². The third-order valence-electron chi connectivity index (χ3n) is 11.9. The number of rotatable bonds is 26. The lowest BCUT2D eigenvalue weighted by molar-refractivity contribution is -0.894. The number of nitrogens with zero attached hydrogens (tertiary/aromatic N) is 1. The fourth-order valence-corrected chi connectivity index (χ4v) is 7.72. The molecule has 344 valence electrons. The van der Waals surface area contributed by atoms with E-state index in [0.717, 1.165) is 42.4 Å². The SMILES string of the molecule is C#CCCCCC(=O)NCCCCCC(=O)N1CCC(COC(=O)CCC(=O)[O-])(COC(c2ccccc2)(c2ccc(OC)cc2)c2ccc(OC)cc2)CC1.CC[NH+](CC)CC. The van der Waals surface area contributed by atoms with Crippen LogP contribution >= 0.6 is 0 Å². The summed E-state index contributed by atoms with van der Waals surface area (Å²) in [7, 11) is 3.23. The van der Waals surface area contributed by atoms with Crippen LogP contribution in [-0.2, 0) is 34.3 Å². The number of carbonyl (C=O) groups excluding carboxylic acids is 4. The van der Waals surface area contributed by atoms with Crippen LogP contribution in [0.15, 0.2) is 78.9 Å². The van der Waals surface area contributed by atoms with Gasteiger partial charge in [0.25, 0.3) is 0 Å². The van der Waals surface area contributed by atoms with E-state index in [0.29, 0.717) is 69.7 Å². The number of piperidine rings is 1. The third-order valence-corrected chi connectivity index (χ3v) is 11.9. The minimum Gasteiger partial charge on any atom is -0.550 e. The average Bonchev–Trinajstić information content (AvgIpc) is 3.32. The predicted molar refractivity (Wildman–Crippen MR) is 243 cm³/mol. The van der Waals surface area contributed by atoms with Crippen LogP contribution in [0.1, 0.15) is 115 Å². The largest absolute Gasteiger partial charge is 0.550 e. The summed E-state index contributed by atoms with van der Waals surface area (Å²) in [5.74, 6) is 2.09. The fraction of sp³-hybridized carbons (Fsp3) is 0.529. The van der Waals surface area contributed by atoms with Gasteiger partial charge in [0.1, 0.15) is 17.1 Å². The Morgan fingerprint density at radius 3 is 1.79 bits per heavy atom. The Hall–Kier alpha value is -5.38. The molecule has 12 heteroatoms. The van der Waals surface area contributed by atoms with Crippen molar-refractivity contribution < 1.29 is 48.1 Å². The molecule has 0 unspecified atom stereocenters. The third kappa shape index (κ3) is 17.0. The molecule has 1 aliphatic heterocycles. The van der Waals surface area contributed by atoms with Crippen LogP contribution < -0.4 is 24.8 Å². The molecular weight excluding hydrogens is 799 g/mol. The first-order valence-corrected chi connectivity index (χ1v) is 22.6. The number of unbranched alkanes of at least 4 members (excludes halogenated alkanes) is 4. The van der Waals surface area contributed by atoms with E-state index in [1.165, 1.54) is 19.6 Å². The van der Waals surface area contributed by atoms with E-state index in [-0.39, 0.29) is 31.4 Å². The molecule has 3 aromatic rings. The number of benzene rings is 3. The highest BCUT2D eigenvalue weighted by molar-refractivity contribution is 5.77. The second-order valence-electron chi connectivity index (χ2n) is 16.1. The number of quaternary nitrogens is 1. The van der Waals surface area contributed by atoms with E-state index in [1.54, 1.807) is 19.1 Å². The monoisotopic (exact) mass is 870 g/mol. The van der Waals surface area contributed by atoms with Crippen LogP contribution in [0, 0.1) is 17.8 Å². The molecule has 0 aromatic heterocycles. The number of methoxy groups -OCH3 is 2. The van der Waals surface area contributed by atoms with Crippen LogP contribution in [0.25, 0.3) is 0 Å². The van der Waals surface area contributed by atoms with Crippen molar-refractivity contribution >= 4 is 23.8 Å². The maximum atomic E-state index is 13.4. The second kappa shape index (κ2) is 28.3. The Morgan fingerprint density at radius 2 is 1.29 bits per heavy atom. The zero-order chi connectivity index (χ0) is 45.9. The smallest absolute Gasteiger partial charge is 0.306 e. The van der Waals surface area contributed by atoms with Gasteiger partial charge in [-0.3, -0.25) is 14.4 Å². The fourth-order valence-electron chi connectivity index (χ4n) is 7.72. The molecule has 0 atom stereocenters. The van der Waals surface area contributed by atoms with Crippen molar-refractivity contribution in [2.45, 2.75) is 103 Å². The number of amides is 2. The summed E-state index contributed by atoms with van der Waals surface area (Å²) in [5.41, 5.74) is 0.779.